The fourth-order valence-electron chi connectivity index (χ4n) is 2.27. The fourth-order valence-corrected chi connectivity index (χ4v) is 4.41. The number of fused-ring (bicyclic) bond motifs is 1. The third-order valence-corrected chi connectivity index (χ3v) is 5.86. The first-order chi connectivity index (χ1) is 11.4. The van der Waals surface area contributed by atoms with Crippen LogP contribution < -0.4 is 9.46 Å². The molecule has 0 amide bonds. The van der Waals surface area contributed by atoms with E-state index >= 15 is 0 Å². The molecule has 128 valence electrons. The van der Waals surface area contributed by atoms with Gasteiger partial charge >= 0.3 is 0 Å². The maximum Gasteiger partial charge on any atom is 0.241 e. The SMILES string of the molecule is CCOc1cc(C)c(S(=O)(=O)NCc2nn3cnnc3s2)cc1C. The van der Waals surface area contributed by atoms with E-state index in [9.17, 15) is 8.42 Å². The number of nitrogens with zero attached hydrogens (tertiary/aromatic N) is 4. The van der Waals surface area contributed by atoms with Crippen LogP contribution in [0.15, 0.2) is 23.4 Å². The topological polar surface area (TPSA) is 98.5 Å². The molecule has 0 spiro atoms. The third kappa shape index (κ3) is 3.25. The molecule has 0 fully saturated rings. The first-order valence-corrected chi connectivity index (χ1v) is 9.60. The second-order valence-corrected chi connectivity index (χ2v) is 7.97. The van der Waals surface area contributed by atoms with E-state index in [0.717, 1.165) is 5.56 Å². The van der Waals surface area contributed by atoms with Crippen molar-refractivity contribution < 1.29 is 13.2 Å². The van der Waals surface area contributed by atoms with Gasteiger partial charge in [-0.15, -0.1) is 10.2 Å². The fraction of sp³-hybridized carbons (Fsp3) is 0.357. The lowest BCUT2D eigenvalue weighted by molar-refractivity contribution is 0.337. The van der Waals surface area contributed by atoms with Crippen LogP contribution in [0.5, 0.6) is 5.75 Å². The predicted octanol–water partition coefficient (Wildman–Crippen LogP) is 1.68. The average Bonchev–Trinajstić information content (AvgIpc) is 3.10. The van der Waals surface area contributed by atoms with Crippen LogP contribution in [0.1, 0.15) is 23.1 Å². The van der Waals surface area contributed by atoms with E-state index in [1.54, 1.807) is 19.1 Å². The van der Waals surface area contributed by atoms with Crippen LogP contribution in [0.2, 0.25) is 0 Å². The number of ether oxygens (including phenoxy) is 1. The van der Waals surface area contributed by atoms with Crippen molar-refractivity contribution in [3.05, 3.63) is 34.6 Å². The zero-order valence-electron chi connectivity index (χ0n) is 13.5. The number of sulfonamides is 1. The van der Waals surface area contributed by atoms with Gasteiger partial charge in [-0.1, -0.05) is 11.3 Å². The smallest absolute Gasteiger partial charge is 0.241 e. The summed E-state index contributed by atoms with van der Waals surface area (Å²) in [7, 11) is -3.65. The zero-order valence-corrected chi connectivity index (χ0v) is 15.1. The van der Waals surface area contributed by atoms with Crippen molar-refractivity contribution in [3.63, 3.8) is 0 Å². The first kappa shape index (κ1) is 16.8. The highest BCUT2D eigenvalue weighted by molar-refractivity contribution is 7.89. The summed E-state index contributed by atoms with van der Waals surface area (Å²) in [6.07, 6.45) is 1.48. The minimum Gasteiger partial charge on any atom is -0.494 e. The largest absolute Gasteiger partial charge is 0.494 e. The number of nitrogens with one attached hydrogen (secondary N) is 1. The molecule has 0 atom stereocenters. The minimum atomic E-state index is -3.65. The molecule has 3 aromatic rings. The Labute approximate surface area is 143 Å². The second-order valence-electron chi connectivity index (χ2n) is 5.19. The molecule has 0 aliphatic heterocycles. The molecule has 8 nitrogen and oxygen atoms in total. The highest BCUT2D eigenvalue weighted by atomic mass is 32.2. The zero-order chi connectivity index (χ0) is 17.3. The van der Waals surface area contributed by atoms with Crippen molar-refractivity contribution in [3.8, 4) is 5.75 Å². The molecule has 0 saturated carbocycles. The lowest BCUT2D eigenvalue weighted by Gasteiger charge is -2.13. The number of rotatable bonds is 6. The molecule has 0 aliphatic rings. The number of hydrogen-bond acceptors (Lipinski definition) is 7. The van der Waals surface area contributed by atoms with E-state index < -0.39 is 10.0 Å². The number of hydrogen-bond donors (Lipinski definition) is 1. The van der Waals surface area contributed by atoms with Gasteiger partial charge in [0, 0.05) is 0 Å². The van der Waals surface area contributed by atoms with Gasteiger partial charge in [-0.3, -0.25) is 0 Å². The van der Waals surface area contributed by atoms with Gasteiger partial charge in [0.1, 0.15) is 17.1 Å². The normalized spacial score (nSPS) is 12.0. The molecular formula is C14H17N5O3S2. The Bertz CT molecular complexity index is 949. The molecule has 0 saturated heterocycles. The van der Waals surface area contributed by atoms with E-state index in [1.165, 1.54) is 22.2 Å². The van der Waals surface area contributed by atoms with E-state index in [1.807, 2.05) is 13.8 Å². The Morgan fingerprint density at radius 2 is 2.08 bits per heavy atom. The number of benzene rings is 1. The van der Waals surface area contributed by atoms with E-state index in [0.29, 0.717) is 27.9 Å². The van der Waals surface area contributed by atoms with Crippen molar-refractivity contribution in [1.82, 2.24) is 24.5 Å². The molecule has 0 radical (unpaired) electrons. The minimum absolute atomic E-state index is 0.0993. The Morgan fingerprint density at radius 3 is 2.79 bits per heavy atom. The molecule has 3 rings (SSSR count). The monoisotopic (exact) mass is 367 g/mol. The van der Waals surface area contributed by atoms with Gasteiger partial charge in [0.15, 0.2) is 0 Å². The summed E-state index contributed by atoms with van der Waals surface area (Å²) in [5, 5.41) is 12.4. The number of aromatic nitrogens is 4. The van der Waals surface area contributed by atoms with Crippen LogP contribution in [0, 0.1) is 13.8 Å². The molecule has 2 aromatic heterocycles. The van der Waals surface area contributed by atoms with Crippen LogP contribution in [-0.2, 0) is 16.6 Å². The predicted molar refractivity (Wildman–Crippen MR) is 89.8 cm³/mol. The van der Waals surface area contributed by atoms with Gasteiger partial charge in [0.2, 0.25) is 15.0 Å². The molecular weight excluding hydrogens is 350 g/mol. The Balaban J connectivity index is 1.82. The van der Waals surface area contributed by atoms with Crippen molar-refractivity contribution in [2.75, 3.05) is 6.61 Å². The Morgan fingerprint density at radius 1 is 1.29 bits per heavy atom. The van der Waals surface area contributed by atoms with E-state index in [2.05, 4.69) is 20.0 Å². The summed E-state index contributed by atoms with van der Waals surface area (Å²) in [6.45, 7) is 6.10. The quantitative estimate of drug-likeness (QED) is 0.712. The Hall–Kier alpha value is -2.04. The van der Waals surface area contributed by atoms with Gasteiger partial charge < -0.3 is 4.74 Å². The van der Waals surface area contributed by atoms with Gasteiger partial charge in [0.25, 0.3) is 0 Å². The third-order valence-electron chi connectivity index (χ3n) is 3.40. The van der Waals surface area contributed by atoms with Crippen LogP contribution >= 0.6 is 11.3 Å². The summed E-state index contributed by atoms with van der Waals surface area (Å²) >= 11 is 1.29. The molecule has 0 aliphatic carbocycles. The molecule has 1 N–H and O–H groups in total. The van der Waals surface area contributed by atoms with Crippen molar-refractivity contribution >= 4 is 26.3 Å². The molecule has 10 heteroatoms. The van der Waals surface area contributed by atoms with E-state index in [-0.39, 0.29) is 11.4 Å². The van der Waals surface area contributed by atoms with Gasteiger partial charge in [-0.05, 0) is 44.0 Å². The standard InChI is InChI=1S/C14H17N5O3S2/c1-4-22-11-5-10(3)12(6-9(11)2)24(20,21)16-7-13-18-19-8-15-17-14(19)23-13/h5-6,8,16H,4,7H2,1-3H3. The molecule has 24 heavy (non-hydrogen) atoms. The molecule has 1 aromatic carbocycles. The summed E-state index contributed by atoms with van der Waals surface area (Å²) in [6, 6.07) is 3.37. The summed E-state index contributed by atoms with van der Waals surface area (Å²) in [5.74, 6) is 0.697. The van der Waals surface area contributed by atoms with Crippen LogP contribution in [0.4, 0.5) is 0 Å². The lowest BCUT2D eigenvalue weighted by Crippen LogP contribution is -2.24. The number of aryl methyl sites for hydroxylation is 2. The maximum absolute atomic E-state index is 12.6. The van der Waals surface area contributed by atoms with Crippen molar-refractivity contribution in [2.24, 2.45) is 0 Å². The van der Waals surface area contributed by atoms with Gasteiger partial charge in [-0.25, -0.2) is 13.1 Å². The summed E-state index contributed by atoms with van der Waals surface area (Å²) in [5.41, 5.74) is 1.41. The van der Waals surface area contributed by atoms with Crippen LogP contribution in [0.25, 0.3) is 4.96 Å². The van der Waals surface area contributed by atoms with Gasteiger partial charge in [0.05, 0.1) is 18.0 Å². The molecule has 2 heterocycles. The van der Waals surface area contributed by atoms with Gasteiger partial charge in [-0.2, -0.15) is 9.61 Å². The highest BCUT2D eigenvalue weighted by Crippen LogP contribution is 2.26. The summed E-state index contributed by atoms with van der Waals surface area (Å²) < 4.78 is 34.8. The maximum atomic E-state index is 12.6. The summed E-state index contributed by atoms with van der Waals surface area (Å²) in [4.78, 5) is 0.865. The molecule has 0 unspecified atom stereocenters. The highest BCUT2D eigenvalue weighted by Gasteiger charge is 2.19. The average molecular weight is 367 g/mol. The van der Waals surface area contributed by atoms with Crippen molar-refractivity contribution in [1.29, 1.82) is 0 Å². The lowest BCUT2D eigenvalue weighted by atomic mass is 10.1. The van der Waals surface area contributed by atoms with E-state index in [4.69, 9.17) is 4.74 Å². The molecule has 0 bridgehead atoms. The van der Waals surface area contributed by atoms with Crippen LogP contribution in [0.3, 0.4) is 0 Å². The first-order valence-electron chi connectivity index (χ1n) is 7.30. The van der Waals surface area contributed by atoms with Crippen molar-refractivity contribution in [2.45, 2.75) is 32.2 Å². The second kappa shape index (κ2) is 6.46. The Kier molecular flexibility index (Phi) is 4.52. The van der Waals surface area contributed by atoms with Crippen LogP contribution in [-0.4, -0.2) is 34.8 Å².